The lowest BCUT2D eigenvalue weighted by molar-refractivity contribution is -0.111. The minimum Gasteiger partial charge on any atom is -0.379 e. The average molecular weight is 379 g/mol. The fraction of sp³-hybridized carbons (Fsp3) is 0.412. The number of benzene rings is 1. The standard InChI is InChI=1S/C17H21N3O5S/c1-2-16(21)18-14-5-3-13(4-6-14)17(22)19-11-15(12-19)26(23,24)20-7-9-25-10-8-20/h2-6,15H,1,7-12H2,(H,18,21). The Morgan fingerprint density at radius 2 is 1.77 bits per heavy atom. The predicted molar refractivity (Wildman–Crippen MR) is 96.3 cm³/mol. The first-order chi connectivity index (χ1) is 12.4. The highest BCUT2D eigenvalue weighted by Crippen LogP contribution is 2.23. The van der Waals surface area contributed by atoms with Gasteiger partial charge in [0.15, 0.2) is 0 Å². The van der Waals surface area contributed by atoms with Gasteiger partial charge < -0.3 is 15.0 Å². The molecular formula is C17H21N3O5S. The zero-order valence-corrected chi connectivity index (χ0v) is 15.1. The molecule has 0 atom stereocenters. The molecule has 0 aromatic heterocycles. The number of carbonyl (C=O) groups excluding carboxylic acids is 2. The largest absolute Gasteiger partial charge is 0.379 e. The molecule has 0 unspecified atom stereocenters. The Kier molecular flexibility index (Phi) is 5.40. The number of ether oxygens (including phenoxy) is 1. The number of sulfonamides is 1. The van der Waals surface area contributed by atoms with Crippen molar-refractivity contribution in [3.63, 3.8) is 0 Å². The quantitative estimate of drug-likeness (QED) is 0.742. The van der Waals surface area contributed by atoms with Crippen LogP contribution in [0.1, 0.15) is 10.4 Å². The summed E-state index contributed by atoms with van der Waals surface area (Å²) < 4.78 is 31.7. The monoisotopic (exact) mass is 379 g/mol. The lowest BCUT2D eigenvalue weighted by atomic mass is 10.1. The molecule has 2 amide bonds. The fourth-order valence-corrected chi connectivity index (χ4v) is 4.69. The van der Waals surface area contributed by atoms with Gasteiger partial charge in [0.05, 0.1) is 13.2 Å². The van der Waals surface area contributed by atoms with Crippen molar-refractivity contribution in [1.29, 1.82) is 0 Å². The normalized spacial score (nSPS) is 18.8. The molecule has 8 nitrogen and oxygen atoms in total. The third-order valence-corrected chi connectivity index (χ3v) is 6.70. The molecule has 26 heavy (non-hydrogen) atoms. The fourth-order valence-electron chi connectivity index (χ4n) is 2.88. The van der Waals surface area contributed by atoms with Gasteiger partial charge in [-0.25, -0.2) is 8.42 Å². The molecule has 0 saturated carbocycles. The van der Waals surface area contributed by atoms with Crippen LogP contribution in [0.2, 0.25) is 0 Å². The van der Waals surface area contributed by atoms with Gasteiger partial charge >= 0.3 is 0 Å². The van der Waals surface area contributed by atoms with Crippen LogP contribution in [0.4, 0.5) is 5.69 Å². The Bertz CT molecular complexity index is 794. The molecule has 2 aliphatic heterocycles. The number of likely N-dealkylation sites (tertiary alicyclic amines) is 1. The first-order valence-corrected chi connectivity index (χ1v) is 9.81. The summed E-state index contributed by atoms with van der Waals surface area (Å²) in [6.45, 7) is 5.29. The van der Waals surface area contributed by atoms with Crippen LogP contribution in [0.5, 0.6) is 0 Å². The molecule has 0 aliphatic carbocycles. The summed E-state index contributed by atoms with van der Waals surface area (Å²) in [6, 6.07) is 6.45. The Labute approximate surface area is 152 Å². The van der Waals surface area contributed by atoms with Crippen LogP contribution >= 0.6 is 0 Å². The summed E-state index contributed by atoms with van der Waals surface area (Å²) in [4.78, 5) is 25.2. The van der Waals surface area contributed by atoms with Crippen LogP contribution < -0.4 is 5.32 Å². The molecule has 2 fully saturated rings. The van der Waals surface area contributed by atoms with E-state index >= 15 is 0 Å². The maximum absolute atomic E-state index is 12.5. The first-order valence-electron chi connectivity index (χ1n) is 8.31. The van der Waals surface area contributed by atoms with Gasteiger partial charge in [0.1, 0.15) is 5.25 Å². The van der Waals surface area contributed by atoms with Crippen molar-refractivity contribution in [2.45, 2.75) is 5.25 Å². The van der Waals surface area contributed by atoms with Crippen molar-refractivity contribution in [3.8, 4) is 0 Å². The molecule has 2 aliphatic rings. The van der Waals surface area contributed by atoms with Crippen molar-refractivity contribution >= 4 is 27.5 Å². The predicted octanol–water partition coefficient (Wildman–Crippen LogP) is 0.298. The van der Waals surface area contributed by atoms with Crippen LogP contribution in [0.3, 0.4) is 0 Å². The van der Waals surface area contributed by atoms with Crippen molar-refractivity contribution < 1.29 is 22.7 Å². The molecule has 0 bridgehead atoms. The molecule has 1 aromatic rings. The molecule has 140 valence electrons. The molecule has 0 spiro atoms. The van der Waals surface area contributed by atoms with Gasteiger partial charge in [-0.2, -0.15) is 4.31 Å². The van der Waals surface area contributed by atoms with E-state index < -0.39 is 15.3 Å². The maximum atomic E-state index is 12.5. The summed E-state index contributed by atoms with van der Waals surface area (Å²) in [5.74, 6) is -0.553. The van der Waals surface area contributed by atoms with E-state index in [-0.39, 0.29) is 24.9 Å². The molecular weight excluding hydrogens is 358 g/mol. The summed E-state index contributed by atoms with van der Waals surface area (Å²) in [5, 5.41) is 2.04. The minimum atomic E-state index is -3.39. The minimum absolute atomic E-state index is 0.188. The topological polar surface area (TPSA) is 96.0 Å². The molecule has 3 rings (SSSR count). The second-order valence-corrected chi connectivity index (χ2v) is 8.37. The zero-order chi connectivity index (χ0) is 18.7. The van der Waals surface area contributed by atoms with Gasteiger partial charge in [-0.15, -0.1) is 0 Å². The number of amides is 2. The average Bonchev–Trinajstić information content (AvgIpc) is 2.61. The Balaban J connectivity index is 1.57. The highest BCUT2D eigenvalue weighted by Gasteiger charge is 2.43. The SMILES string of the molecule is C=CC(=O)Nc1ccc(C(=O)N2CC(S(=O)(=O)N3CCOCC3)C2)cc1. The second-order valence-electron chi connectivity index (χ2n) is 6.16. The van der Waals surface area contributed by atoms with E-state index in [4.69, 9.17) is 4.74 Å². The van der Waals surface area contributed by atoms with Crippen LogP contribution in [-0.4, -0.2) is 74.1 Å². The Morgan fingerprint density at radius 1 is 1.15 bits per heavy atom. The molecule has 1 aromatic carbocycles. The van der Waals surface area contributed by atoms with Gasteiger partial charge in [-0.3, -0.25) is 9.59 Å². The van der Waals surface area contributed by atoms with Crippen LogP contribution in [0, 0.1) is 0 Å². The summed E-state index contributed by atoms with van der Waals surface area (Å²) in [5.41, 5.74) is 1.01. The molecule has 0 radical (unpaired) electrons. The second kappa shape index (κ2) is 7.56. The zero-order valence-electron chi connectivity index (χ0n) is 14.3. The maximum Gasteiger partial charge on any atom is 0.253 e. The third kappa shape index (κ3) is 3.79. The Morgan fingerprint density at radius 3 is 2.35 bits per heavy atom. The van der Waals surface area contributed by atoms with Gasteiger partial charge in [0.25, 0.3) is 5.91 Å². The Hall–Kier alpha value is -2.23. The van der Waals surface area contributed by atoms with Crippen molar-refractivity contribution in [1.82, 2.24) is 9.21 Å². The number of hydrogen-bond acceptors (Lipinski definition) is 5. The van der Waals surface area contributed by atoms with Gasteiger partial charge in [-0.05, 0) is 30.3 Å². The highest BCUT2D eigenvalue weighted by atomic mass is 32.2. The van der Waals surface area contributed by atoms with E-state index in [2.05, 4.69) is 11.9 Å². The van der Waals surface area contributed by atoms with Gasteiger partial charge in [0, 0.05) is 37.4 Å². The van der Waals surface area contributed by atoms with E-state index in [0.717, 1.165) is 6.08 Å². The number of carbonyl (C=O) groups is 2. The lowest BCUT2D eigenvalue weighted by Gasteiger charge is -2.41. The van der Waals surface area contributed by atoms with E-state index in [1.54, 1.807) is 24.3 Å². The first kappa shape index (κ1) is 18.6. The number of nitrogens with one attached hydrogen (secondary N) is 1. The van der Waals surface area contributed by atoms with Crippen LogP contribution in [0.25, 0.3) is 0 Å². The number of hydrogen-bond donors (Lipinski definition) is 1. The van der Waals surface area contributed by atoms with Gasteiger partial charge in [-0.1, -0.05) is 6.58 Å². The summed E-state index contributed by atoms with van der Waals surface area (Å²) in [7, 11) is -3.39. The van der Waals surface area contributed by atoms with Crippen molar-refractivity contribution in [2.75, 3.05) is 44.7 Å². The number of nitrogens with zero attached hydrogens (tertiary/aromatic N) is 2. The van der Waals surface area contributed by atoms with Crippen molar-refractivity contribution in [3.05, 3.63) is 42.5 Å². The van der Waals surface area contributed by atoms with E-state index in [1.165, 1.54) is 9.21 Å². The number of rotatable bonds is 5. The molecule has 2 saturated heterocycles. The van der Waals surface area contributed by atoms with E-state index in [9.17, 15) is 18.0 Å². The van der Waals surface area contributed by atoms with E-state index in [1.807, 2.05) is 0 Å². The third-order valence-electron chi connectivity index (χ3n) is 4.47. The molecule has 9 heteroatoms. The number of anilines is 1. The van der Waals surface area contributed by atoms with Crippen LogP contribution in [-0.2, 0) is 19.6 Å². The summed E-state index contributed by atoms with van der Waals surface area (Å²) >= 11 is 0. The highest BCUT2D eigenvalue weighted by molar-refractivity contribution is 7.89. The van der Waals surface area contributed by atoms with Crippen molar-refractivity contribution in [2.24, 2.45) is 0 Å². The smallest absolute Gasteiger partial charge is 0.253 e. The molecule has 1 N–H and O–H groups in total. The number of morpholine rings is 1. The van der Waals surface area contributed by atoms with Gasteiger partial charge in [0.2, 0.25) is 15.9 Å². The lowest BCUT2D eigenvalue weighted by Crippen LogP contribution is -2.60. The summed E-state index contributed by atoms with van der Waals surface area (Å²) in [6.07, 6.45) is 1.16. The molecule has 2 heterocycles. The van der Waals surface area contributed by atoms with E-state index in [0.29, 0.717) is 37.6 Å². The van der Waals surface area contributed by atoms with Crippen LogP contribution in [0.15, 0.2) is 36.9 Å².